The van der Waals surface area contributed by atoms with Gasteiger partial charge in [0, 0.05) is 35.9 Å². The molecule has 0 saturated carbocycles. The van der Waals surface area contributed by atoms with Gasteiger partial charge in [-0.25, -0.2) is 4.98 Å². The number of pyridine rings is 1. The number of carbonyl (C=O) groups is 1. The van der Waals surface area contributed by atoms with E-state index in [-0.39, 0.29) is 11.4 Å². The van der Waals surface area contributed by atoms with Gasteiger partial charge in [-0.05, 0) is 43.0 Å². The standard InChI is InChI=1S/C21H27N3O3/c1-13(2)9-21(4,22)12-27-16-5-6-17-18-8-20(24-14(3)25)23-10-15(18)11-26-19(17)7-16/h5-8,10,13H,9,11-12,22H2,1-4H3,(H,23,24,25)/t21-/m0/s1. The van der Waals surface area contributed by atoms with E-state index >= 15 is 0 Å². The lowest BCUT2D eigenvalue weighted by atomic mass is 9.93. The topological polar surface area (TPSA) is 86.5 Å². The molecule has 3 rings (SSSR count). The van der Waals surface area contributed by atoms with Crippen molar-refractivity contribution in [2.24, 2.45) is 11.7 Å². The maximum Gasteiger partial charge on any atom is 0.222 e. The Labute approximate surface area is 160 Å². The average molecular weight is 369 g/mol. The van der Waals surface area contributed by atoms with E-state index in [0.29, 0.717) is 24.9 Å². The number of hydrogen-bond acceptors (Lipinski definition) is 5. The summed E-state index contributed by atoms with van der Waals surface area (Å²) in [6.45, 7) is 8.65. The monoisotopic (exact) mass is 369 g/mol. The van der Waals surface area contributed by atoms with Crippen LogP contribution in [0.5, 0.6) is 11.5 Å². The third-order valence-corrected chi connectivity index (χ3v) is 4.36. The van der Waals surface area contributed by atoms with Crippen LogP contribution in [0.1, 0.15) is 39.7 Å². The van der Waals surface area contributed by atoms with Gasteiger partial charge in [-0.2, -0.15) is 0 Å². The molecule has 0 fully saturated rings. The molecule has 0 aliphatic carbocycles. The number of fused-ring (bicyclic) bond motifs is 3. The molecule has 1 aliphatic heterocycles. The minimum absolute atomic E-state index is 0.148. The molecule has 2 heterocycles. The summed E-state index contributed by atoms with van der Waals surface area (Å²) in [6, 6.07) is 7.65. The van der Waals surface area contributed by atoms with E-state index in [0.717, 1.165) is 34.6 Å². The number of nitrogens with two attached hydrogens (primary N) is 1. The largest absolute Gasteiger partial charge is 0.492 e. The number of carbonyl (C=O) groups excluding carboxylic acids is 1. The molecule has 0 bridgehead atoms. The van der Waals surface area contributed by atoms with Crippen LogP contribution in [-0.2, 0) is 11.4 Å². The predicted molar refractivity (Wildman–Crippen MR) is 106 cm³/mol. The molecule has 144 valence electrons. The Morgan fingerprint density at radius 1 is 1.37 bits per heavy atom. The fourth-order valence-corrected chi connectivity index (χ4v) is 3.43. The Kier molecular flexibility index (Phi) is 5.37. The zero-order chi connectivity index (χ0) is 19.6. The minimum atomic E-state index is -0.379. The molecule has 1 atom stereocenters. The highest BCUT2D eigenvalue weighted by Crippen LogP contribution is 2.40. The molecule has 1 aromatic carbocycles. The number of rotatable bonds is 6. The van der Waals surface area contributed by atoms with Gasteiger partial charge >= 0.3 is 0 Å². The zero-order valence-corrected chi connectivity index (χ0v) is 16.3. The molecule has 0 radical (unpaired) electrons. The Bertz CT molecular complexity index is 847. The zero-order valence-electron chi connectivity index (χ0n) is 16.3. The third kappa shape index (κ3) is 4.77. The molecule has 6 nitrogen and oxygen atoms in total. The smallest absolute Gasteiger partial charge is 0.222 e. The van der Waals surface area contributed by atoms with Crippen LogP contribution in [0.3, 0.4) is 0 Å². The van der Waals surface area contributed by atoms with E-state index in [1.165, 1.54) is 6.92 Å². The van der Waals surface area contributed by atoms with Crippen LogP contribution in [0, 0.1) is 5.92 Å². The molecule has 1 aromatic heterocycles. The number of anilines is 1. The highest BCUT2D eigenvalue weighted by molar-refractivity contribution is 5.89. The lowest BCUT2D eigenvalue weighted by molar-refractivity contribution is -0.114. The summed E-state index contributed by atoms with van der Waals surface area (Å²) >= 11 is 0. The summed E-state index contributed by atoms with van der Waals surface area (Å²) in [5, 5.41) is 2.72. The molecule has 0 unspecified atom stereocenters. The number of aromatic nitrogens is 1. The molecule has 1 amide bonds. The average Bonchev–Trinajstić information content (AvgIpc) is 2.58. The van der Waals surface area contributed by atoms with Gasteiger partial charge in [0.2, 0.25) is 5.91 Å². The van der Waals surface area contributed by atoms with Crippen LogP contribution in [0.15, 0.2) is 30.5 Å². The Hall–Kier alpha value is -2.60. The first-order valence-corrected chi connectivity index (χ1v) is 9.19. The van der Waals surface area contributed by atoms with Crippen LogP contribution in [0.2, 0.25) is 0 Å². The molecule has 27 heavy (non-hydrogen) atoms. The fraction of sp³-hybridized carbons (Fsp3) is 0.429. The maximum atomic E-state index is 11.3. The predicted octanol–water partition coefficient (Wildman–Crippen LogP) is 3.74. The Morgan fingerprint density at radius 2 is 2.15 bits per heavy atom. The second-order valence-corrected chi connectivity index (χ2v) is 7.90. The van der Waals surface area contributed by atoms with Crippen molar-refractivity contribution in [1.29, 1.82) is 0 Å². The molecular formula is C21H27N3O3. The van der Waals surface area contributed by atoms with Gasteiger partial charge in [0.1, 0.15) is 30.5 Å². The van der Waals surface area contributed by atoms with E-state index in [1.54, 1.807) is 6.20 Å². The second-order valence-electron chi connectivity index (χ2n) is 7.90. The van der Waals surface area contributed by atoms with Crippen molar-refractivity contribution in [2.75, 3.05) is 11.9 Å². The summed E-state index contributed by atoms with van der Waals surface area (Å²) in [5.74, 6) is 2.38. The van der Waals surface area contributed by atoms with Crippen LogP contribution >= 0.6 is 0 Å². The molecule has 0 saturated heterocycles. The van der Waals surface area contributed by atoms with Crippen LogP contribution < -0.4 is 20.5 Å². The first-order valence-electron chi connectivity index (χ1n) is 9.19. The van der Waals surface area contributed by atoms with E-state index in [4.69, 9.17) is 15.2 Å². The number of amides is 1. The first kappa shape index (κ1) is 19.2. The summed E-state index contributed by atoms with van der Waals surface area (Å²) < 4.78 is 11.8. The van der Waals surface area contributed by atoms with E-state index < -0.39 is 0 Å². The van der Waals surface area contributed by atoms with Gasteiger partial charge < -0.3 is 20.5 Å². The Morgan fingerprint density at radius 3 is 2.85 bits per heavy atom. The fourth-order valence-electron chi connectivity index (χ4n) is 3.43. The normalized spacial score (nSPS) is 14.6. The van der Waals surface area contributed by atoms with Gasteiger partial charge in [0.15, 0.2) is 0 Å². The summed E-state index contributed by atoms with van der Waals surface area (Å²) in [6.07, 6.45) is 2.63. The summed E-state index contributed by atoms with van der Waals surface area (Å²) in [4.78, 5) is 15.5. The van der Waals surface area contributed by atoms with E-state index in [9.17, 15) is 4.79 Å². The maximum absolute atomic E-state index is 11.3. The summed E-state index contributed by atoms with van der Waals surface area (Å²) in [7, 11) is 0. The highest BCUT2D eigenvalue weighted by atomic mass is 16.5. The van der Waals surface area contributed by atoms with E-state index in [1.807, 2.05) is 31.2 Å². The third-order valence-electron chi connectivity index (χ3n) is 4.36. The number of nitrogens with one attached hydrogen (secondary N) is 1. The van der Waals surface area contributed by atoms with Crippen molar-refractivity contribution in [1.82, 2.24) is 4.98 Å². The summed E-state index contributed by atoms with van der Waals surface area (Å²) in [5.41, 5.74) is 8.89. The number of hydrogen-bond donors (Lipinski definition) is 2. The molecule has 3 N–H and O–H groups in total. The van der Waals surface area contributed by atoms with Crippen LogP contribution in [-0.4, -0.2) is 23.0 Å². The highest BCUT2D eigenvalue weighted by Gasteiger charge is 2.23. The van der Waals surface area contributed by atoms with Crippen molar-refractivity contribution >= 4 is 11.7 Å². The quantitative estimate of drug-likeness (QED) is 0.810. The van der Waals surface area contributed by atoms with Crippen molar-refractivity contribution in [3.05, 3.63) is 36.0 Å². The molecule has 2 aromatic rings. The van der Waals surface area contributed by atoms with Crippen molar-refractivity contribution in [3.63, 3.8) is 0 Å². The van der Waals surface area contributed by atoms with Gasteiger partial charge in [0.25, 0.3) is 0 Å². The van der Waals surface area contributed by atoms with Crippen molar-refractivity contribution in [2.45, 2.75) is 46.3 Å². The van der Waals surface area contributed by atoms with Gasteiger partial charge in [0.05, 0.1) is 0 Å². The lowest BCUT2D eigenvalue weighted by Gasteiger charge is -2.27. The van der Waals surface area contributed by atoms with Crippen molar-refractivity contribution < 1.29 is 14.3 Å². The first-order chi connectivity index (χ1) is 12.7. The van der Waals surface area contributed by atoms with Crippen molar-refractivity contribution in [3.8, 4) is 22.6 Å². The van der Waals surface area contributed by atoms with Gasteiger partial charge in [-0.3, -0.25) is 4.79 Å². The molecular weight excluding hydrogens is 342 g/mol. The number of nitrogens with zero attached hydrogens (tertiary/aromatic N) is 1. The molecule has 0 spiro atoms. The SMILES string of the molecule is CC(=O)Nc1cc2c(cn1)COc1cc(OC[C@@](C)(N)CC(C)C)ccc1-2. The van der Waals surface area contributed by atoms with E-state index in [2.05, 4.69) is 24.1 Å². The number of ether oxygens (including phenoxy) is 2. The Balaban J connectivity index is 1.80. The number of benzene rings is 1. The molecule has 1 aliphatic rings. The van der Waals surface area contributed by atoms with Gasteiger partial charge in [-0.15, -0.1) is 0 Å². The minimum Gasteiger partial charge on any atom is -0.492 e. The van der Waals surface area contributed by atoms with Gasteiger partial charge in [-0.1, -0.05) is 13.8 Å². The lowest BCUT2D eigenvalue weighted by Crippen LogP contribution is -2.43. The second kappa shape index (κ2) is 7.56. The van der Waals surface area contributed by atoms with Crippen LogP contribution in [0.25, 0.3) is 11.1 Å². The molecule has 6 heteroatoms. The van der Waals surface area contributed by atoms with Crippen LogP contribution in [0.4, 0.5) is 5.82 Å².